The molecule has 3 amide bonds. The normalized spacial score (nSPS) is 10.3. The summed E-state index contributed by atoms with van der Waals surface area (Å²) in [5.41, 5.74) is 1.20. The predicted molar refractivity (Wildman–Crippen MR) is 105 cm³/mol. The van der Waals surface area contributed by atoms with Crippen LogP contribution < -0.4 is 10.6 Å². The summed E-state index contributed by atoms with van der Waals surface area (Å²) in [6.07, 6.45) is 3.03. The van der Waals surface area contributed by atoms with Gasteiger partial charge in [-0.2, -0.15) is 0 Å². The first-order valence-electron chi connectivity index (χ1n) is 8.72. The lowest BCUT2D eigenvalue weighted by Crippen LogP contribution is -2.35. The van der Waals surface area contributed by atoms with E-state index in [0.717, 1.165) is 0 Å². The van der Waals surface area contributed by atoms with Crippen molar-refractivity contribution in [3.05, 3.63) is 71.7 Å². The second kappa shape index (κ2) is 8.79. The van der Waals surface area contributed by atoms with Gasteiger partial charge in [0.25, 0.3) is 11.8 Å². The number of amides is 3. The first-order valence-corrected chi connectivity index (χ1v) is 8.72. The zero-order valence-corrected chi connectivity index (χ0v) is 15.9. The maximum Gasteiger partial charge on any atom is 0.257 e. The second-order valence-electron chi connectivity index (χ2n) is 6.31. The van der Waals surface area contributed by atoms with Crippen molar-refractivity contribution in [2.45, 2.75) is 6.92 Å². The number of rotatable bonds is 6. The molecule has 0 saturated carbocycles. The number of pyridine rings is 1. The molecule has 29 heavy (non-hydrogen) atoms. The van der Waals surface area contributed by atoms with Crippen LogP contribution >= 0.6 is 0 Å². The van der Waals surface area contributed by atoms with Crippen LogP contribution in [0, 0.1) is 6.92 Å². The summed E-state index contributed by atoms with van der Waals surface area (Å²) in [6, 6.07) is 11.4. The van der Waals surface area contributed by atoms with Crippen LogP contribution in [0.5, 0.6) is 0 Å². The van der Waals surface area contributed by atoms with E-state index in [0.29, 0.717) is 22.6 Å². The van der Waals surface area contributed by atoms with Gasteiger partial charge in [0.1, 0.15) is 5.76 Å². The number of carbonyl (C=O) groups is 3. The molecule has 3 aromatic rings. The lowest BCUT2D eigenvalue weighted by atomic mass is 10.1. The van der Waals surface area contributed by atoms with E-state index in [1.807, 2.05) is 0 Å². The lowest BCUT2D eigenvalue weighted by molar-refractivity contribution is -0.116. The standard InChI is InChI=1S/C20H19N5O4/c1-13-9-17(24-29-13)23-18(26)12-25(2)20(28)14-5-3-7-16(10-14)22-19(27)15-6-4-8-21-11-15/h3-11H,12H2,1-2H3,(H,22,27)(H,23,24,26). The molecule has 0 spiro atoms. The number of aryl methyl sites for hydroxylation is 1. The Balaban J connectivity index is 1.62. The summed E-state index contributed by atoms with van der Waals surface area (Å²) in [5, 5.41) is 8.95. The molecule has 0 aliphatic carbocycles. The van der Waals surface area contributed by atoms with Crippen LogP contribution in [0.25, 0.3) is 0 Å². The van der Waals surface area contributed by atoms with Crippen LogP contribution in [0.4, 0.5) is 11.5 Å². The molecule has 0 atom stereocenters. The van der Waals surface area contributed by atoms with Gasteiger partial charge in [-0.15, -0.1) is 0 Å². The maximum absolute atomic E-state index is 12.6. The van der Waals surface area contributed by atoms with E-state index in [9.17, 15) is 14.4 Å². The van der Waals surface area contributed by atoms with E-state index in [2.05, 4.69) is 20.8 Å². The van der Waals surface area contributed by atoms with Crippen LogP contribution in [0.15, 0.2) is 59.4 Å². The number of anilines is 2. The molecule has 0 saturated heterocycles. The third-order valence-corrected chi connectivity index (χ3v) is 3.91. The molecule has 0 bridgehead atoms. The number of benzene rings is 1. The summed E-state index contributed by atoms with van der Waals surface area (Å²) in [4.78, 5) is 42.1. The van der Waals surface area contributed by atoms with Crippen LogP contribution in [-0.2, 0) is 4.79 Å². The minimum atomic E-state index is -0.407. The van der Waals surface area contributed by atoms with Gasteiger partial charge in [0.05, 0.1) is 12.1 Å². The van der Waals surface area contributed by atoms with Gasteiger partial charge >= 0.3 is 0 Å². The van der Waals surface area contributed by atoms with Gasteiger partial charge in [0.2, 0.25) is 5.91 Å². The minimum absolute atomic E-state index is 0.170. The van der Waals surface area contributed by atoms with Crippen LogP contribution in [-0.4, -0.2) is 46.4 Å². The molecular weight excluding hydrogens is 374 g/mol. The smallest absolute Gasteiger partial charge is 0.257 e. The highest BCUT2D eigenvalue weighted by Crippen LogP contribution is 2.14. The number of nitrogens with zero attached hydrogens (tertiary/aromatic N) is 3. The fraction of sp³-hybridized carbons (Fsp3) is 0.150. The molecule has 0 aliphatic rings. The van der Waals surface area contributed by atoms with Crippen molar-refractivity contribution >= 4 is 29.2 Å². The second-order valence-corrected chi connectivity index (χ2v) is 6.31. The molecule has 9 nitrogen and oxygen atoms in total. The lowest BCUT2D eigenvalue weighted by Gasteiger charge is -2.17. The van der Waals surface area contributed by atoms with E-state index >= 15 is 0 Å². The van der Waals surface area contributed by atoms with Gasteiger partial charge in [-0.05, 0) is 37.3 Å². The van der Waals surface area contributed by atoms with E-state index in [1.165, 1.54) is 18.1 Å². The number of hydrogen-bond donors (Lipinski definition) is 2. The molecule has 2 N–H and O–H groups in total. The number of likely N-dealkylation sites (N-methyl/N-ethyl adjacent to an activating group) is 1. The molecular formula is C20H19N5O4. The highest BCUT2D eigenvalue weighted by molar-refractivity contribution is 6.05. The molecule has 3 rings (SSSR count). The van der Waals surface area contributed by atoms with Crippen molar-refractivity contribution in [1.29, 1.82) is 0 Å². The van der Waals surface area contributed by atoms with Gasteiger partial charge in [-0.25, -0.2) is 0 Å². The Hall–Kier alpha value is -4.01. The Labute approximate surface area is 166 Å². The fourth-order valence-corrected chi connectivity index (χ4v) is 2.55. The van der Waals surface area contributed by atoms with Crippen LogP contribution in [0.1, 0.15) is 26.5 Å². The fourth-order valence-electron chi connectivity index (χ4n) is 2.55. The zero-order valence-electron chi connectivity index (χ0n) is 15.9. The number of carbonyl (C=O) groups excluding carboxylic acids is 3. The highest BCUT2D eigenvalue weighted by atomic mass is 16.5. The Bertz CT molecular complexity index is 1030. The van der Waals surface area contributed by atoms with Crippen LogP contribution in [0.2, 0.25) is 0 Å². The third-order valence-electron chi connectivity index (χ3n) is 3.91. The highest BCUT2D eigenvalue weighted by Gasteiger charge is 2.17. The molecule has 0 fully saturated rings. The topological polar surface area (TPSA) is 117 Å². The summed E-state index contributed by atoms with van der Waals surface area (Å²) in [6.45, 7) is 1.54. The van der Waals surface area contributed by atoms with Crippen molar-refractivity contribution in [3.8, 4) is 0 Å². The Morgan fingerprint density at radius 2 is 1.86 bits per heavy atom. The largest absolute Gasteiger partial charge is 0.360 e. The van der Waals surface area contributed by atoms with Crippen molar-refractivity contribution in [3.63, 3.8) is 0 Å². The molecule has 148 valence electrons. The third kappa shape index (κ3) is 5.25. The predicted octanol–water partition coefficient (Wildman–Crippen LogP) is 2.34. The first kappa shape index (κ1) is 19.7. The maximum atomic E-state index is 12.6. The quantitative estimate of drug-likeness (QED) is 0.664. The molecule has 0 aliphatic heterocycles. The van der Waals surface area contributed by atoms with Gasteiger partial charge < -0.3 is 20.1 Å². The van der Waals surface area contributed by atoms with Crippen LogP contribution in [0.3, 0.4) is 0 Å². The van der Waals surface area contributed by atoms with E-state index in [-0.39, 0.29) is 24.2 Å². The zero-order chi connectivity index (χ0) is 20.8. The molecule has 2 aromatic heterocycles. The Kier molecular flexibility index (Phi) is 5.98. The van der Waals surface area contributed by atoms with E-state index < -0.39 is 5.91 Å². The average molecular weight is 393 g/mol. The van der Waals surface area contributed by atoms with Gasteiger partial charge in [0, 0.05) is 36.8 Å². The SMILES string of the molecule is Cc1cc(NC(=O)CN(C)C(=O)c2cccc(NC(=O)c3cccnc3)c2)no1. The van der Waals surface area contributed by atoms with E-state index in [4.69, 9.17) is 4.52 Å². The summed E-state index contributed by atoms with van der Waals surface area (Å²) < 4.78 is 4.88. The van der Waals surface area contributed by atoms with E-state index in [1.54, 1.807) is 55.6 Å². The van der Waals surface area contributed by atoms with Crippen molar-refractivity contribution in [2.24, 2.45) is 0 Å². The van der Waals surface area contributed by atoms with Crippen molar-refractivity contribution in [2.75, 3.05) is 24.2 Å². The van der Waals surface area contributed by atoms with Gasteiger partial charge in [-0.1, -0.05) is 11.2 Å². The molecule has 9 heteroatoms. The molecule has 1 aromatic carbocycles. The first-order chi connectivity index (χ1) is 13.9. The van der Waals surface area contributed by atoms with Gasteiger partial charge in [0.15, 0.2) is 5.82 Å². The monoisotopic (exact) mass is 393 g/mol. The van der Waals surface area contributed by atoms with Crippen molar-refractivity contribution < 1.29 is 18.9 Å². The number of nitrogens with one attached hydrogen (secondary N) is 2. The summed E-state index contributed by atoms with van der Waals surface area (Å²) >= 11 is 0. The number of aromatic nitrogens is 2. The summed E-state index contributed by atoms with van der Waals surface area (Å²) in [7, 11) is 1.51. The van der Waals surface area contributed by atoms with Gasteiger partial charge in [-0.3, -0.25) is 19.4 Å². The Morgan fingerprint density at radius 1 is 1.07 bits per heavy atom. The number of hydrogen-bond acceptors (Lipinski definition) is 6. The molecule has 0 radical (unpaired) electrons. The average Bonchev–Trinajstić information content (AvgIpc) is 3.12. The minimum Gasteiger partial charge on any atom is -0.360 e. The Morgan fingerprint density at radius 3 is 2.55 bits per heavy atom. The summed E-state index contributed by atoms with van der Waals surface area (Å²) in [5.74, 6) is -0.259. The van der Waals surface area contributed by atoms with Crippen molar-refractivity contribution in [1.82, 2.24) is 15.0 Å². The molecule has 2 heterocycles. The molecule has 0 unspecified atom stereocenters.